The van der Waals surface area contributed by atoms with Crippen molar-refractivity contribution in [3.63, 3.8) is 0 Å². The summed E-state index contributed by atoms with van der Waals surface area (Å²) in [4.78, 5) is 5.20. The monoisotopic (exact) mass is 274 g/mol. The molecule has 0 N–H and O–H groups in total. The van der Waals surface area contributed by atoms with E-state index in [0.29, 0.717) is 0 Å². The van der Waals surface area contributed by atoms with Crippen molar-refractivity contribution >= 4 is 0 Å². The van der Waals surface area contributed by atoms with E-state index in [-0.39, 0.29) is 5.82 Å². The first-order valence-electron chi connectivity index (χ1n) is 7.95. The minimum Gasteiger partial charge on any atom is -0.302 e. The van der Waals surface area contributed by atoms with Crippen LogP contribution in [0.2, 0.25) is 0 Å². The van der Waals surface area contributed by atoms with Gasteiger partial charge in [0.1, 0.15) is 5.82 Å². The molecule has 1 aromatic rings. The fourth-order valence-corrected chi connectivity index (χ4v) is 4.02. The molecule has 1 aliphatic carbocycles. The van der Waals surface area contributed by atoms with E-state index in [9.17, 15) is 4.39 Å². The summed E-state index contributed by atoms with van der Waals surface area (Å²) in [6, 6.07) is 7.06. The second-order valence-corrected chi connectivity index (χ2v) is 7.01. The van der Waals surface area contributed by atoms with Gasteiger partial charge < -0.3 is 4.90 Å². The van der Waals surface area contributed by atoms with E-state index in [1.165, 1.54) is 51.6 Å². The predicted molar refractivity (Wildman–Crippen MR) is 77.8 cm³/mol. The van der Waals surface area contributed by atoms with E-state index in [1.807, 2.05) is 12.1 Å². The Bertz CT molecular complexity index is 472. The average Bonchev–Trinajstić information content (AvgIpc) is 3.01. The molecule has 3 aliphatic rings. The van der Waals surface area contributed by atoms with Crippen LogP contribution in [0.15, 0.2) is 24.3 Å². The summed E-state index contributed by atoms with van der Waals surface area (Å²) in [5.41, 5.74) is 1.11. The minimum atomic E-state index is -0.113. The standard InChI is InChI=1S/C17H23FN2/c18-17-3-1-2-14(6-17)8-20-11-15-9-19(7-13-4-5-13)10-16(15)12-20/h1-3,6,13,15-16H,4-5,7-12H2. The van der Waals surface area contributed by atoms with Gasteiger partial charge in [0, 0.05) is 39.3 Å². The molecular formula is C17H23FN2. The highest BCUT2D eigenvalue weighted by Gasteiger charge is 2.40. The van der Waals surface area contributed by atoms with Gasteiger partial charge in [0.15, 0.2) is 0 Å². The molecule has 1 saturated carbocycles. The molecule has 0 spiro atoms. The Morgan fingerprint density at radius 1 is 1.00 bits per heavy atom. The Morgan fingerprint density at radius 2 is 1.70 bits per heavy atom. The van der Waals surface area contributed by atoms with Gasteiger partial charge >= 0.3 is 0 Å². The van der Waals surface area contributed by atoms with Crippen molar-refractivity contribution < 1.29 is 4.39 Å². The molecular weight excluding hydrogens is 251 g/mol. The highest BCUT2D eigenvalue weighted by atomic mass is 19.1. The van der Waals surface area contributed by atoms with Crippen molar-refractivity contribution in [3.8, 4) is 0 Å². The zero-order valence-corrected chi connectivity index (χ0v) is 12.0. The molecule has 3 fully saturated rings. The Hall–Kier alpha value is -0.930. The summed E-state index contributed by atoms with van der Waals surface area (Å²) in [6.07, 6.45) is 2.91. The van der Waals surface area contributed by atoms with Crippen LogP contribution in [0.1, 0.15) is 18.4 Å². The zero-order valence-electron chi connectivity index (χ0n) is 12.0. The molecule has 2 heterocycles. The van der Waals surface area contributed by atoms with E-state index >= 15 is 0 Å². The molecule has 4 rings (SSSR count). The number of hydrogen-bond acceptors (Lipinski definition) is 2. The number of halogens is 1. The van der Waals surface area contributed by atoms with Gasteiger partial charge in [-0.1, -0.05) is 12.1 Å². The van der Waals surface area contributed by atoms with Crippen LogP contribution < -0.4 is 0 Å². The molecule has 0 aromatic heterocycles. The molecule has 0 amide bonds. The summed E-state index contributed by atoms with van der Waals surface area (Å²) in [6.45, 7) is 7.23. The van der Waals surface area contributed by atoms with Gasteiger partial charge in [0.05, 0.1) is 0 Å². The molecule has 0 radical (unpaired) electrons. The van der Waals surface area contributed by atoms with Crippen molar-refractivity contribution in [2.75, 3.05) is 32.7 Å². The average molecular weight is 274 g/mol. The topological polar surface area (TPSA) is 6.48 Å². The smallest absolute Gasteiger partial charge is 0.123 e. The van der Waals surface area contributed by atoms with Crippen molar-refractivity contribution in [1.29, 1.82) is 0 Å². The van der Waals surface area contributed by atoms with Gasteiger partial charge in [-0.2, -0.15) is 0 Å². The molecule has 1 aromatic carbocycles. The lowest BCUT2D eigenvalue weighted by Gasteiger charge is -2.21. The van der Waals surface area contributed by atoms with E-state index in [2.05, 4.69) is 9.80 Å². The number of likely N-dealkylation sites (tertiary alicyclic amines) is 2. The van der Waals surface area contributed by atoms with Gasteiger partial charge in [0.25, 0.3) is 0 Å². The first-order chi connectivity index (χ1) is 9.76. The number of rotatable bonds is 4. The van der Waals surface area contributed by atoms with Crippen molar-refractivity contribution in [2.24, 2.45) is 17.8 Å². The van der Waals surface area contributed by atoms with Gasteiger partial charge in [-0.15, -0.1) is 0 Å². The van der Waals surface area contributed by atoms with Crippen molar-refractivity contribution in [2.45, 2.75) is 19.4 Å². The Balaban J connectivity index is 1.31. The lowest BCUT2D eigenvalue weighted by Crippen LogP contribution is -2.29. The Morgan fingerprint density at radius 3 is 2.35 bits per heavy atom. The predicted octanol–water partition coefficient (Wildman–Crippen LogP) is 2.60. The fourth-order valence-electron chi connectivity index (χ4n) is 4.02. The largest absolute Gasteiger partial charge is 0.302 e. The van der Waals surface area contributed by atoms with E-state index in [0.717, 1.165) is 29.9 Å². The molecule has 3 heteroatoms. The van der Waals surface area contributed by atoms with Crippen LogP contribution in [-0.4, -0.2) is 42.5 Å². The first kappa shape index (κ1) is 12.8. The van der Waals surface area contributed by atoms with Crippen LogP contribution in [-0.2, 0) is 6.54 Å². The number of benzene rings is 1. The second-order valence-electron chi connectivity index (χ2n) is 7.01. The maximum Gasteiger partial charge on any atom is 0.123 e. The number of nitrogens with zero attached hydrogens (tertiary/aromatic N) is 2. The lowest BCUT2D eigenvalue weighted by atomic mass is 10.0. The summed E-state index contributed by atoms with van der Waals surface area (Å²) < 4.78 is 13.2. The highest BCUT2D eigenvalue weighted by molar-refractivity contribution is 5.16. The van der Waals surface area contributed by atoms with Crippen LogP contribution in [0.3, 0.4) is 0 Å². The summed E-state index contributed by atoms with van der Waals surface area (Å²) in [7, 11) is 0. The molecule has 2 atom stereocenters. The molecule has 0 bridgehead atoms. The Labute approximate surface area is 120 Å². The second kappa shape index (κ2) is 5.12. The van der Waals surface area contributed by atoms with Crippen LogP contribution in [0.4, 0.5) is 4.39 Å². The van der Waals surface area contributed by atoms with Crippen LogP contribution in [0, 0.1) is 23.6 Å². The quantitative estimate of drug-likeness (QED) is 0.833. The van der Waals surface area contributed by atoms with Gasteiger partial charge in [-0.05, 0) is 48.3 Å². The SMILES string of the molecule is Fc1cccc(CN2CC3CN(CC4CC4)CC3C2)c1. The van der Waals surface area contributed by atoms with E-state index in [1.54, 1.807) is 6.07 Å². The third-order valence-electron chi connectivity index (χ3n) is 5.15. The molecule has 20 heavy (non-hydrogen) atoms. The van der Waals surface area contributed by atoms with Crippen LogP contribution >= 0.6 is 0 Å². The number of fused-ring (bicyclic) bond motifs is 1. The molecule has 2 saturated heterocycles. The minimum absolute atomic E-state index is 0.113. The van der Waals surface area contributed by atoms with Gasteiger partial charge in [0.2, 0.25) is 0 Å². The zero-order chi connectivity index (χ0) is 13.5. The summed E-state index contributed by atoms with van der Waals surface area (Å²) >= 11 is 0. The molecule has 108 valence electrons. The third-order valence-corrected chi connectivity index (χ3v) is 5.15. The summed E-state index contributed by atoms with van der Waals surface area (Å²) in [5.74, 6) is 2.60. The maximum atomic E-state index is 13.2. The molecule has 2 aliphatic heterocycles. The Kier molecular flexibility index (Phi) is 3.27. The maximum absolute atomic E-state index is 13.2. The van der Waals surface area contributed by atoms with Crippen LogP contribution in [0.25, 0.3) is 0 Å². The van der Waals surface area contributed by atoms with Gasteiger partial charge in [-0.25, -0.2) is 4.39 Å². The first-order valence-corrected chi connectivity index (χ1v) is 7.95. The van der Waals surface area contributed by atoms with Crippen LogP contribution in [0.5, 0.6) is 0 Å². The lowest BCUT2D eigenvalue weighted by molar-refractivity contribution is 0.245. The number of hydrogen-bond donors (Lipinski definition) is 0. The molecule has 2 nitrogen and oxygen atoms in total. The molecule has 2 unspecified atom stereocenters. The third kappa shape index (κ3) is 2.75. The fraction of sp³-hybridized carbons (Fsp3) is 0.647. The normalized spacial score (nSPS) is 30.9. The summed E-state index contributed by atoms with van der Waals surface area (Å²) in [5, 5.41) is 0. The van der Waals surface area contributed by atoms with Crippen molar-refractivity contribution in [3.05, 3.63) is 35.6 Å². The van der Waals surface area contributed by atoms with E-state index < -0.39 is 0 Å². The van der Waals surface area contributed by atoms with Crippen molar-refractivity contribution in [1.82, 2.24) is 9.80 Å². The van der Waals surface area contributed by atoms with Gasteiger partial charge in [-0.3, -0.25) is 4.90 Å². The van der Waals surface area contributed by atoms with E-state index in [4.69, 9.17) is 0 Å². The highest BCUT2D eigenvalue weighted by Crippen LogP contribution is 2.36.